The first-order chi connectivity index (χ1) is 10.5. The van der Waals surface area contributed by atoms with Crippen LogP contribution >= 0.6 is 11.6 Å². The Bertz CT molecular complexity index is 654. The Morgan fingerprint density at radius 1 is 1.50 bits per heavy atom. The van der Waals surface area contributed by atoms with E-state index >= 15 is 0 Å². The number of hydrogen-bond donors (Lipinski definition) is 1. The highest BCUT2D eigenvalue weighted by atomic mass is 35.5. The lowest BCUT2D eigenvalue weighted by atomic mass is 9.74. The number of nitrogens with zero attached hydrogens (tertiary/aromatic N) is 1. The van der Waals surface area contributed by atoms with Crippen LogP contribution in [0, 0.1) is 18.8 Å². The van der Waals surface area contributed by atoms with E-state index in [1.807, 2.05) is 13.0 Å². The zero-order valence-corrected chi connectivity index (χ0v) is 13.4. The molecule has 3 unspecified atom stereocenters. The van der Waals surface area contributed by atoms with Gasteiger partial charge in [-0.05, 0) is 56.4 Å². The molecular formula is C17H19ClN2O2. The molecule has 0 spiro atoms. The largest absolute Gasteiger partial charge is 0.481 e. The third kappa shape index (κ3) is 3.02. The van der Waals surface area contributed by atoms with E-state index in [2.05, 4.69) is 22.7 Å². The zero-order valence-electron chi connectivity index (χ0n) is 12.7. The van der Waals surface area contributed by atoms with Crippen molar-refractivity contribution in [1.29, 1.82) is 0 Å². The summed E-state index contributed by atoms with van der Waals surface area (Å²) in [5, 5.41) is 4.90. The highest BCUT2D eigenvalue weighted by Crippen LogP contribution is 2.40. The zero-order chi connectivity index (χ0) is 15.7. The number of allylic oxidation sites excluding steroid dienone is 2. The molecular weight excluding hydrogens is 300 g/mol. The lowest BCUT2D eigenvalue weighted by Crippen LogP contribution is -2.38. The Labute approximate surface area is 135 Å². The minimum Gasteiger partial charge on any atom is -0.481 e. The molecule has 3 atom stereocenters. The minimum atomic E-state index is -0.609. The number of fused-ring (bicyclic) bond motifs is 1. The Balaban J connectivity index is 1.55. The molecule has 1 amide bonds. The van der Waals surface area contributed by atoms with Crippen LogP contribution in [0.25, 0.3) is 0 Å². The van der Waals surface area contributed by atoms with E-state index in [9.17, 15) is 4.79 Å². The summed E-state index contributed by atoms with van der Waals surface area (Å²) in [5.41, 5.74) is 4.60. The topological polar surface area (TPSA) is 50.7 Å². The van der Waals surface area contributed by atoms with Crippen molar-refractivity contribution in [2.24, 2.45) is 16.9 Å². The SMILES string of the molecule is Cc1cc(Cl)ccc1OC(C)C(=O)NN=C1CC2C=CCC12. The van der Waals surface area contributed by atoms with Crippen LogP contribution in [0.2, 0.25) is 5.02 Å². The second kappa shape index (κ2) is 6.13. The predicted molar refractivity (Wildman–Crippen MR) is 87.2 cm³/mol. The predicted octanol–water partition coefficient (Wildman–Crippen LogP) is 3.48. The van der Waals surface area contributed by atoms with Gasteiger partial charge < -0.3 is 4.74 Å². The standard InChI is InChI=1S/C17H19ClN2O2/c1-10-8-13(18)6-7-16(10)22-11(2)17(21)20-19-15-9-12-4-3-5-14(12)15/h3-4,6-8,11-12,14H,5,9H2,1-2H3,(H,20,21). The van der Waals surface area contributed by atoms with Gasteiger partial charge in [-0.15, -0.1) is 0 Å². The lowest BCUT2D eigenvalue weighted by Gasteiger charge is -2.31. The second-order valence-corrected chi connectivity index (χ2v) is 6.32. The van der Waals surface area contributed by atoms with Crippen LogP contribution in [-0.4, -0.2) is 17.7 Å². The van der Waals surface area contributed by atoms with E-state index < -0.39 is 6.10 Å². The first-order valence-electron chi connectivity index (χ1n) is 7.50. The van der Waals surface area contributed by atoms with E-state index in [0.29, 0.717) is 22.6 Å². The molecule has 2 aliphatic carbocycles. The van der Waals surface area contributed by atoms with Crippen molar-refractivity contribution in [2.75, 3.05) is 0 Å². The van der Waals surface area contributed by atoms with Gasteiger partial charge >= 0.3 is 0 Å². The van der Waals surface area contributed by atoms with Crippen LogP contribution in [-0.2, 0) is 4.79 Å². The molecule has 0 radical (unpaired) electrons. The number of hydrogen-bond acceptors (Lipinski definition) is 3. The van der Waals surface area contributed by atoms with Crippen LogP contribution in [0.5, 0.6) is 5.75 Å². The second-order valence-electron chi connectivity index (χ2n) is 5.89. The van der Waals surface area contributed by atoms with Gasteiger partial charge in [0.25, 0.3) is 5.91 Å². The molecule has 0 aliphatic heterocycles. The maximum Gasteiger partial charge on any atom is 0.280 e. The van der Waals surface area contributed by atoms with E-state index in [1.165, 1.54) is 0 Å². The van der Waals surface area contributed by atoms with Gasteiger partial charge in [0.1, 0.15) is 5.75 Å². The molecule has 22 heavy (non-hydrogen) atoms. The quantitative estimate of drug-likeness (QED) is 0.682. The molecule has 1 aromatic carbocycles. The highest BCUT2D eigenvalue weighted by molar-refractivity contribution is 6.30. The van der Waals surface area contributed by atoms with Gasteiger partial charge in [-0.3, -0.25) is 4.79 Å². The van der Waals surface area contributed by atoms with Crippen LogP contribution in [0.1, 0.15) is 25.3 Å². The van der Waals surface area contributed by atoms with Crippen molar-refractivity contribution < 1.29 is 9.53 Å². The summed E-state index contributed by atoms with van der Waals surface area (Å²) in [7, 11) is 0. The van der Waals surface area contributed by atoms with Gasteiger partial charge in [0.15, 0.2) is 6.10 Å². The Morgan fingerprint density at radius 2 is 2.32 bits per heavy atom. The van der Waals surface area contributed by atoms with Crippen LogP contribution in [0.4, 0.5) is 0 Å². The van der Waals surface area contributed by atoms with E-state index in [-0.39, 0.29) is 5.91 Å². The fourth-order valence-corrected chi connectivity index (χ4v) is 3.10. The molecule has 3 rings (SSSR count). The summed E-state index contributed by atoms with van der Waals surface area (Å²) in [6.07, 6.45) is 5.80. The van der Waals surface area contributed by atoms with Crippen molar-refractivity contribution in [1.82, 2.24) is 5.43 Å². The molecule has 0 heterocycles. The smallest absolute Gasteiger partial charge is 0.280 e. The number of carbonyl (C=O) groups excluding carboxylic acids is 1. The van der Waals surface area contributed by atoms with Crippen LogP contribution < -0.4 is 10.2 Å². The highest BCUT2D eigenvalue weighted by Gasteiger charge is 2.38. The van der Waals surface area contributed by atoms with Gasteiger partial charge in [-0.25, -0.2) is 5.43 Å². The molecule has 116 valence electrons. The number of amides is 1. The number of aryl methyl sites for hydroxylation is 1. The number of nitrogens with one attached hydrogen (secondary N) is 1. The Morgan fingerprint density at radius 3 is 3.05 bits per heavy atom. The summed E-state index contributed by atoms with van der Waals surface area (Å²) in [6.45, 7) is 3.61. The Hall–Kier alpha value is -1.81. The number of hydrazone groups is 1. The van der Waals surface area contributed by atoms with Gasteiger partial charge in [0.05, 0.1) is 0 Å². The van der Waals surface area contributed by atoms with Crippen molar-refractivity contribution in [3.8, 4) is 5.75 Å². The fourth-order valence-electron chi connectivity index (χ4n) is 2.87. The minimum absolute atomic E-state index is 0.240. The van der Waals surface area contributed by atoms with Gasteiger partial charge in [-0.2, -0.15) is 5.10 Å². The number of halogens is 1. The van der Waals surface area contributed by atoms with Gasteiger partial charge in [0.2, 0.25) is 0 Å². The molecule has 4 nitrogen and oxygen atoms in total. The molecule has 0 aromatic heterocycles. The van der Waals surface area contributed by atoms with Crippen molar-refractivity contribution in [2.45, 2.75) is 32.8 Å². The maximum absolute atomic E-state index is 12.1. The number of carbonyl (C=O) groups is 1. The molecule has 1 fully saturated rings. The molecule has 2 aliphatic rings. The third-order valence-electron chi connectivity index (χ3n) is 4.28. The van der Waals surface area contributed by atoms with Crippen molar-refractivity contribution in [3.05, 3.63) is 40.9 Å². The van der Waals surface area contributed by atoms with Crippen molar-refractivity contribution >= 4 is 23.2 Å². The van der Waals surface area contributed by atoms with E-state index in [1.54, 1.807) is 19.1 Å². The third-order valence-corrected chi connectivity index (χ3v) is 4.52. The van der Waals surface area contributed by atoms with Crippen LogP contribution in [0.15, 0.2) is 35.5 Å². The summed E-state index contributed by atoms with van der Waals surface area (Å²) in [4.78, 5) is 12.1. The molecule has 0 bridgehead atoms. The van der Waals surface area contributed by atoms with Crippen LogP contribution in [0.3, 0.4) is 0 Å². The fraction of sp³-hybridized carbons (Fsp3) is 0.412. The summed E-state index contributed by atoms with van der Waals surface area (Å²) in [5.74, 6) is 1.54. The first kappa shape index (κ1) is 15.1. The van der Waals surface area contributed by atoms with Gasteiger partial charge in [-0.1, -0.05) is 23.8 Å². The molecule has 0 saturated heterocycles. The molecule has 1 saturated carbocycles. The lowest BCUT2D eigenvalue weighted by molar-refractivity contribution is -0.127. The van der Waals surface area contributed by atoms with E-state index in [0.717, 1.165) is 24.1 Å². The first-order valence-corrected chi connectivity index (χ1v) is 7.88. The normalized spacial score (nSPS) is 25.5. The number of benzene rings is 1. The van der Waals surface area contributed by atoms with Gasteiger partial charge in [0, 0.05) is 16.7 Å². The monoisotopic (exact) mass is 318 g/mol. The van der Waals surface area contributed by atoms with Crippen molar-refractivity contribution in [3.63, 3.8) is 0 Å². The average molecular weight is 319 g/mol. The molecule has 1 N–H and O–H groups in total. The summed E-state index contributed by atoms with van der Waals surface area (Å²) >= 11 is 5.91. The average Bonchev–Trinajstić information content (AvgIpc) is 2.83. The van der Waals surface area contributed by atoms with E-state index in [4.69, 9.17) is 16.3 Å². The Kier molecular flexibility index (Phi) is 4.21. The molecule has 5 heteroatoms. The molecule has 1 aromatic rings. The number of rotatable bonds is 4. The number of ether oxygens (including phenoxy) is 1. The summed E-state index contributed by atoms with van der Waals surface area (Å²) in [6, 6.07) is 5.33. The maximum atomic E-state index is 12.1. The summed E-state index contributed by atoms with van der Waals surface area (Å²) < 4.78 is 5.68.